The van der Waals surface area contributed by atoms with Crippen LogP contribution in [0.25, 0.3) is 0 Å². The monoisotopic (exact) mass is 498 g/mol. The maximum atomic E-state index is 5.69. The van der Waals surface area contributed by atoms with Gasteiger partial charge in [0.25, 0.3) is 0 Å². The Hall–Kier alpha value is -1.74. The van der Waals surface area contributed by atoms with Gasteiger partial charge in [-0.25, -0.2) is 0 Å². The topological polar surface area (TPSA) is 62.0 Å². The van der Waals surface area contributed by atoms with Crippen LogP contribution in [0.2, 0.25) is 0 Å². The first kappa shape index (κ1) is 22.5. The van der Waals surface area contributed by atoms with Crippen molar-refractivity contribution in [2.45, 2.75) is 32.4 Å². The lowest BCUT2D eigenvalue weighted by atomic mass is 10.1. The third kappa shape index (κ3) is 6.13. The van der Waals surface area contributed by atoms with E-state index in [2.05, 4.69) is 39.6 Å². The van der Waals surface area contributed by atoms with Gasteiger partial charge in [0.05, 0.1) is 19.4 Å². The van der Waals surface area contributed by atoms with Crippen LogP contribution in [0, 0.1) is 6.92 Å². The van der Waals surface area contributed by atoms with Crippen LogP contribution in [0.15, 0.2) is 46.0 Å². The molecule has 1 fully saturated rings. The molecule has 1 saturated heterocycles. The minimum absolute atomic E-state index is 0. The third-order valence-electron chi connectivity index (χ3n) is 4.95. The van der Waals surface area contributed by atoms with Crippen LogP contribution >= 0.6 is 24.0 Å². The van der Waals surface area contributed by atoms with Crippen LogP contribution < -0.4 is 15.4 Å². The van der Waals surface area contributed by atoms with Crippen LogP contribution in [0.1, 0.15) is 35.8 Å². The van der Waals surface area contributed by atoms with Gasteiger partial charge in [0.2, 0.25) is 0 Å². The van der Waals surface area contributed by atoms with Gasteiger partial charge in [0.1, 0.15) is 11.5 Å². The number of ether oxygens (including phenoxy) is 1. The van der Waals surface area contributed by atoms with Gasteiger partial charge in [0, 0.05) is 20.1 Å². The average Bonchev–Trinajstić information content (AvgIpc) is 3.38. The number of furan rings is 1. The summed E-state index contributed by atoms with van der Waals surface area (Å²) in [6.07, 6.45) is 4.25. The molecular weight excluding hydrogens is 467 g/mol. The van der Waals surface area contributed by atoms with Crippen LogP contribution in [0.4, 0.5) is 0 Å². The molecule has 1 unspecified atom stereocenters. The Bertz CT molecular complexity index is 743. The van der Waals surface area contributed by atoms with E-state index in [4.69, 9.17) is 9.15 Å². The highest BCUT2D eigenvalue weighted by Gasteiger charge is 2.25. The third-order valence-corrected chi connectivity index (χ3v) is 4.95. The molecule has 6 nitrogen and oxygen atoms in total. The second kappa shape index (κ2) is 11.3. The number of guanidine groups is 1. The standard InChI is InChI=1S/C21H30N4O2.HI/c1-16-11-17(13-18(12-16)26-3)14-23-21(22-2)24-15-19(20-7-6-10-27-20)25-8-4-5-9-25;/h6-7,10-13,19H,4-5,8-9,14-15H2,1-3H3,(H2,22,23,24);1H. The van der Waals surface area contributed by atoms with Gasteiger partial charge in [-0.2, -0.15) is 0 Å². The Kier molecular flexibility index (Phi) is 9.11. The van der Waals surface area contributed by atoms with Crippen molar-refractivity contribution in [1.82, 2.24) is 15.5 Å². The fraction of sp³-hybridized carbons (Fsp3) is 0.476. The number of hydrogen-bond acceptors (Lipinski definition) is 4. The number of nitrogens with zero attached hydrogens (tertiary/aromatic N) is 2. The van der Waals surface area contributed by atoms with Crippen LogP contribution in [0.3, 0.4) is 0 Å². The molecule has 154 valence electrons. The van der Waals surface area contributed by atoms with E-state index < -0.39 is 0 Å². The SMILES string of the molecule is CN=C(NCc1cc(C)cc(OC)c1)NCC(c1ccco1)N1CCCC1.I. The molecule has 1 aliphatic rings. The summed E-state index contributed by atoms with van der Waals surface area (Å²) in [6, 6.07) is 10.5. The molecular formula is C21H31IN4O2. The van der Waals surface area contributed by atoms with Crippen molar-refractivity contribution in [3.8, 4) is 5.75 Å². The molecule has 2 aromatic rings. The van der Waals surface area contributed by atoms with Gasteiger partial charge in [-0.3, -0.25) is 9.89 Å². The number of benzene rings is 1. The number of aryl methyl sites for hydroxylation is 1. The lowest BCUT2D eigenvalue weighted by Gasteiger charge is -2.26. The van der Waals surface area contributed by atoms with Crippen LogP contribution in [-0.2, 0) is 6.54 Å². The lowest BCUT2D eigenvalue weighted by molar-refractivity contribution is 0.215. The Morgan fingerprint density at radius 1 is 1.25 bits per heavy atom. The fourth-order valence-corrected chi connectivity index (χ4v) is 3.59. The van der Waals surface area contributed by atoms with E-state index in [9.17, 15) is 0 Å². The second-order valence-corrected chi connectivity index (χ2v) is 6.94. The smallest absolute Gasteiger partial charge is 0.191 e. The van der Waals surface area contributed by atoms with Crippen molar-refractivity contribution >= 4 is 29.9 Å². The van der Waals surface area contributed by atoms with E-state index in [-0.39, 0.29) is 30.0 Å². The first-order valence-electron chi connectivity index (χ1n) is 9.56. The molecule has 1 aromatic heterocycles. The van der Waals surface area contributed by atoms with E-state index in [1.165, 1.54) is 18.4 Å². The normalized spacial score (nSPS) is 15.8. The summed E-state index contributed by atoms with van der Waals surface area (Å²) < 4.78 is 11.0. The summed E-state index contributed by atoms with van der Waals surface area (Å²) in [7, 11) is 3.49. The summed E-state index contributed by atoms with van der Waals surface area (Å²) in [5, 5.41) is 6.84. The van der Waals surface area contributed by atoms with E-state index in [1.54, 1.807) is 20.4 Å². The van der Waals surface area contributed by atoms with Gasteiger partial charge in [0.15, 0.2) is 5.96 Å². The zero-order chi connectivity index (χ0) is 19.1. The van der Waals surface area contributed by atoms with E-state index in [0.29, 0.717) is 6.54 Å². The molecule has 0 spiro atoms. The highest BCUT2D eigenvalue weighted by molar-refractivity contribution is 14.0. The number of nitrogens with one attached hydrogen (secondary N) is 2. The predicted molar refractivity (Wildman–Crippen MR) is 124 cm³/mol. The molecule has 28 heavy (non-hydrogen) atoms. The molecule has 7 heteroatoms. The summed E-state index contributed by atoms with van der Waals surface area (Å²) in [4.78, 5) is 6.84. The quantitative estimate of drug-likeness (QED) is 0.346. The average molecular weight is 498 g/mol. The van der Waals surface area contributed by atoms with E-state index in [0.717, 1.165) is 42.7 Å². The fourth-order valence-electron chi connectivity index (χ4n) is 3.59. The summed E-state index contributed by atoms with van der Waals surface area (Å²) >= 11 is 0. The van der Waals surface area contributed by atoms with E-state index >= 15 is 0 Å². The van der Waals surface area contributed by atoms with Crippen molar-refractivity contribution in [3.63, 3.8) is 0 Å². The highest BCUT2D eigenvalue weighted by Crippen LogP contribution is 2.24. The number of hydrogen-bond donors (Lipinski definition) is 2. The second-order valence-electron chi connectivity index (χ2n) is 6.94. The molecule has 1 aromatic carbocycles. The van der Waals surface area contributed by atoms with E-state index in [1.807, 2.05) is 18.2 Å². The van der Waals surface area contributed by atoms with Gasteiger partial charge < -0.3 is 19.8 Å². The molecule has 1 aliphatic heterocycles. The van der Waals surface area contributed by atoms with Crippen molar-refractivity contribution in [2.75, 3.05) is 33.8 Å². The van der Waals surface area contributed by atoms with Crippen LogP contribution in [0.5, 0.6) is 5.75 Å². The molecule has 1 atom stereocenters. The Labute approximate surface area is 184 Å². The molecule has 3 rings (SSSR count). The van der Waals surface area contributed by atoms with Crippen LogP contribution in [-0.4, -0.2) is 44.7 Å². The Morgan fingerprint density at radius 3 is 2.68 bits per heavy atom. The number of likely N-dealkylation sites (tertiary alicyclic amines) is 1. The van der Waals surface area contributed by atoms with Gasteiger partial charge >= 0.3 is 0 Å². The minimum Gasteiger partial charge on any atom is -0.497 e. The van der Waals surface area contributed by atoms with Crippen molar-refractivity contribution in [1.29, 1.82) is 0 Å². The number of rotatable bonds is 7. The molecule has 0 aliphatic carbocycles. The van der Waals surface area contributed by atoms with Gasteiger partial charge in [-0.1, -0.05) is 6.07 Å². The Balaban J connectivity index is 0.00000280. The first-order chi connectivity index (χ1) is 13.2. The molecule has 2 N–H and O–H groups in total. The number of aliphatic imine (C=N–C) groups is 1. The molecule has 0 bridgehead atoms. The van der Waals surface area contributed by atoms with Gasteiger partial charge in [-0.15, -0.1) is 24.0 Å². The van der Waals surface area contributed by atoms with Crippen molar-refractivity contribution < 1.29 is 9.15 Å². The number of methoxy groups -OCH3 is 1. The molecule has 0 radical (unpaired) electrons. The summed E-state index contributed by atoms with van der Waals surface area (Å²) in [5.74, 6) is 2.66. The zero-order valence-corrected chi connectivity index (χ0v) is 19.2. The summed E-state index contributed by atoms with van der Waals surface area (Å²) in [5.41, 5.74) is 2.35. The predicted octanol–water partition coefficient (Wildman–Crippen LogP) is 3.72. The number of halogens is 1. The highest BCUT2D eigenvalue weighted by atomic mass is 127. The van der Waals surface area contributed by atoms with Crippen molar-refractivity contribution in [2.24, 2.45) is 4.99 Å². The summed E-state index contributed by atoms with van der Waals surface area (Å²) in [6.45, 7) is 5.74. The minimum atomic E-state index is 0. The maximum Gasteiger partial charge on any atom is 0.191 e. The first-order valence-corrected chi connectivity index (χ1v) is 9.56. The maximum absolute atomic E-state index is 5.69. The molecule has 0 saturated carbocycles. The van der Waals surface area contributed by atoms with Crippen molar-refractivity contribution in [3.05, 3.63) is 53.5 Å². The van der Waals surface area contributed by atoms with Gasteiger partial charge in [-0.05, 0) is 68.2 Å². The molecule has 2 heterocycles. The zero-order valence-electron chi connectivity index (χ0n) is 16.9. The largest absolute Gasteiger partial charge is 0.497 e. The Morgan fingerprint density at radius 2 is 2.04 bits per heavy atom. The molecule has 0 amide bonds. The lowest BCUT2D eigenvalue weighted by Crippen LogP contribution is -2.42.